The normalized spacial score (nSPS) is 16.2. The zero-order chi connectivity index (χ0) is 19.2. The molecule has 1 aromatic rings. The Labute approximate surface area is 158 Å². The molecule has 0 amide bonds. The first-order valence-electron chi connectivity index (χ1n) is 9.50. The van der Waals surface area contributed by atoms with Gasteiger partial charge in [0.15, 0.2) is 0 Å². The Bertz CT molecular complexity index is 669. The average molecular weight is 384 g/mol. The van der Waals surface area contributed by atoms with Crippen molar-refractivity contribution in [3.8, 4) is 0 Å². The van der Waals surface area contributed by atoms with E-state index in [9.17, 15) is 8.42 Å². The van der Waals surface area contributed by atoms with Gasteiger partial charge in [-0.15, -0.1) is 0 Å². The minimum absolute atomic E-state index is 0.335. The summed E-state index contributed by atoms with van der Waals surface area (Å²) in [4.78, 5) is 0.335. The van der Waals surface area contributed by atoms with Gasteiger partial charge in [-0.25, -0.2) is 8.42 Å². The topological polar surface area (TPSA) is 70.7 Å². The quantitative estimate of drug-likeness (QED) is 0.685. The lowest BCUT2D eigenvalue weighted by Crippen LogP contribution is -2.40. The predicted molar refractivity (Wildman–Crippen MR) is 107 cm³/mol. The van der Waals surface area contributed by atoms with Gasteiger partial charge < -0.3 is 15.4 Å². The highest BCUT2D eigenvalue weighted by Crippen LogP contribution is 2.28. The van der Waals surface area contributed by atoms with Crippen LogP contribution < -0.4 is 10.6 Å². The highest BCUT2D eigenvalue weighted by atomic mass is 32.2. The maximum absolute atomic E-state index is 12.9. The van der Waals surface area contributed by atoms with Crippen molar-refractivity contribution in [3.05, 3.63) is 18.2 Å². The third-order valence-electron chi connectivity index (χ3n) is 4.34. The van der Waals surface area contributed by atoms with E-state index in [1.54, 1.807) is 12.1 Å². The number of hydrogen-bond donors (Lipinski definition) is 2. The van der Waals surface area contributed by atoms with Crippen molar-refractivity contribution in [1.82, 2.24) is 4.31 Å². The predicted octanol–water partition coefficient (Wildman–Crippen LogP) is 3.23. The molecule has 7 heteroatoms. The molecule has 0 atom stereocenters. The van der Waals surface area contributed by atoms with E-state index >= 15 is 0 Å². The fourth-order valence-corrected chi connectivity index (χ4v) is 4.16. The summed E-state index contributed by atoms with van der Waals surface area (Å²) in [5.74, 6) is 1.10. The van der Waals surface area contributed by atoms with Gasteiger partial charge in [-0.05, 0) is 36.5 Å². The van der Waals surface area contributed by atoms with E-state index in [-0.39, 0.29) is 0 Å². The zero-order valence-electron chi connectivity index (χ0n) is 16.4. The molecule has 0 bridgehead atoms. The summed E-state index contributed by atoms with van der Waals surface area (Å²) >= 11 is 0. The van der Waals surface area contributed by atoms with Crippen LogP contribution in [0.3, 0.4) is 0 Å². The molecular formula is C19H33N3O3S. The highest BCUT2D eigenvalue weighted by molar-refractivity contribution is 7.89. The molecule has 1 heterocycles. The monoisotopic (exact) mass is 383 g/mol. The number of hydrogen-bond acceptors (Lipinski definition) is 5. The number of morpholine rings is 1. The Balaban J connectivity index is 2.23. The number of ether oxygens (including phenoxy) is 1. The van der Waals surface area contributed by atoms with Crippen LogP contribution in [-0.4, -0.2) is 52.1 Å². The number of rotatable bonds is 9. The number of anilines is 2. The van der Waals surface area contributed by atoms with Gasteiger partial charge in [0.1, 0.15) is 0 Å². The van der Waals surface area contributed by atoms with Crippen LogP contribution in [0.4, 0.5) is 11.4 Å². The molecule has 148 valence electrons. The van der Waals surface area contributed by atoms with Crippen LogP contribution in [0.1, 0.15) is 34.1 Å². The maximum atomic E-state index is 12.9. The third kappa shape index (κ3) is 5.86. The first-order chi connectivity index (χ1) is 12.3. The van der Waals surface area contributed by atoms with Gasteiger partial charge in [-0.3, -0.25) is 0 Å². The first kappa shape index (κ1) is 21.0. The van der Waals surface area contributed by atoms with E-state index in [4.69, 9.17) is 4.74 Å². The van der Waals surface area contributed by atoms with E-state index in [1.165, 1.54) is 4.31 Å². The second-order valence-corrected chi connectivity index (χ2v) is 9.55. The Morgan fingerprint density at radius 2 is 1.73 bits per heavy atom. The van der Waals surface area contributed by atoms with E-state index in [2.05, 4.69) is 38.3 Å². The minimum atomic E-state index is -3.49. The number of nitrogens with zero attached hydrogens (tertiary/aromatic N) is 1. The molecular weight excluding hydrogens is 350 g/mol. The Morgan fingerprint density at radius 1 is 1.04 bits per heavy atom. The summed E-state index contributed by atoms with van der Waals surface area (Å²) in [6, 6.07) is 5.32. The molecule has 0 aliphatic carbocycles. The summed E-state index contributed by atoms with van der Waals surface area (Å²) in [5, 5.41) is 6.83. The molecule has 1 fully saturated rings. The Kier molecular flexibility index (Phi) is 7.73. The van der Waals surface area contributed by atoms with Gasteiger partial charge >= 0.3 is 0 Å². The molecule has 6 nitrogen and oxygen atoms in total. The van der Waals surface area contributed by atoms with Crippen LogP contribution in [0.15, 0.2) is 23.1 Å². The van der Waals surface area contributed by atoms with Gasteiger partial charge in [0.25, 0.3) is 0 Å². The Hall–Kier alpha value is -1.31. The summed E-state index contributed by atoms with van der Waals surface area (Å²) in [6.07, 6.45) is 1.03. The molecule has 1 aromatic carbocycles. The van der Waals surface area contributed by atoms with E-state index < -0.39 is 10.0 Å². The van der Waals surface area contributed by atoms with Crippen molar-refractivity contribution in [2.75, 3.05) is 50.0 Å². The fraction of sp³-hybridized carbons (Fsp3) is 0.684. The maximum Gasteiger partial charge on any atom is 0.243 e. The van der Waals surface area contributed by atoms with Crippen molar-refractivity contribution < 1.29 is 13.2 Å². The van der Waals surface area contributed by atoms with Crippen molar-refractivity contribution in [2.24, 2.45) is 11.8 Å². The van der Waals surface area contributed by atoms with E-state index in [0.29, 0.717) is 43.0 Å². The van der Waals surface area contributed by atoms with Gasteiger partial charge in [0, 0.05) is 26.2 Å². The summed E-state index contributed by atoms with van der Waals surface area (Å²) in [7, 11) is -3.49. The molecule has 1 saturated heterocycles. The lowest BCUT2D eigenvalue weighted by Gasteiger charge is -2.26. The van der Waals surface area contributed by atoms with Crippen molar-refractivity contribution in [3.63, 3.8) is 0 Å². The standard InChI is InChI=1S/C19H33N3O3S/c1-15(2)7-8-20-19-13-17(5-6-18(19)21-14-16(3)4)26(23,24)22-9-11-25-12-10-22/h5-6,13,15-16,20-21H,7-12,14H2,1-4H3. The SMILES string of the molecule is CC(C)CCNc1cc(S(=O)(=O)N2CCOCC2)ccc1NCC(C)C. The molecule has 26 heavy (non-hydrogen) atoms. The van der Waals surface area contributed by atoms with Gasteiger partial charge in [0.2, 0.25) is 10.0 Å². The molecule has 0 spiro atoms. The molecule has 1 aliphatic heterocycles. The third-order valence-corrected chi connectivity index (χ3v) is 6.23. The second-order valence-electron chi connectivity index (χ2n) is 7.61. The molecule has 0 radical (unpaired) electrons. The molecule has 0 aromatic heterocycles. The van der Waals surface area contributed by atoms with Gasteiger partial charge in [-0.1, -0.05) is 27.7 Å². The fourth-order valence-electron chi connectivity index (χ4n) is 2.73. The van der Waals surface area contributed by atoms with Crippen molar-refractivity contribution >= 4 is 21.4 Å². The minimum Gasteiger partial charge on any atom is -0.383 e. The second kappa shape index (κ2) is 9.58. The van der Waals surface area contributed by atoms with Crippen molar-refractivity contribution in [2.45, 2.75) is 39.0 Å². The highest BCUT2D eigenvalue weighted by Gasteiger charge is 2.27. The first-order valence-corrected chi connectivity index (χ1v) is 10.9. The molecule has 2 N–H and O–H groups in total. The van der Waals surface area contributed by atoms with E-state index in [1.807, 2.05) is 6.07 Å². The van der Waals surface area contributed by atoms with Crippen LogP contribution in [0.5, 0.6) is 0 Å². The van der Waals surface area contributed by atoms with Crippen LogP contribution >= 0.6 is 0 Å². The van der Waals surface area contributed by atoms with Gasteiger partial charge in [0.05, 0.1) is 29.5 Å². The van der Waals surface area contributed by atoms with Crippen LogP contribution in [0.25, 0.3) is 0 Å². The molecule has 1 aliphatic rings. The smallest absolute Gasteiger partial charge is 0.243 e. The Morgan fingerprint density at radius 3 is 2.35 bits per heavy atom. The number of nitrogens with one attached hydrogen (secondary N) is 2. The number of benzene rings is 1. The average Bonchev–Trinajstić information content (AvgIpc) is 2.60. The lowest BCUT2D eigenvalue weighted by atomic mass is 10.1. The zero-order valence-corrected chi connectivity index (χ0v) is 17.2. The number of sulfonamides is 1. The van der Waals surface area contributed by atoms with Gasteiger partial charge in [-0.2, -0.15) is 4.31 Å². The summed E-state index contributed by atoms with van der Waals surface area (Å²) < 4.78 is 32.6. The lowest BCUT2D eigenvalue weighted by molar-refractivity contribution is 0.0730. The molecule has 0 unspecified atom stereocenters. The summed E-state index contributed by atoms with van der Waals surface area (Å²) in [5.41, 5.74) is 1.80. The van der Waals surface area contributed by atoms with Crippen molar-refractivity contribution in [1.29, 1.82) is 0 Å². The summed E-state index contributed by atoms with van der Waals surface area (Å²) in [6.45, 7) is 12.0. The largest absolute Gasteiger partial charge is 0.383 e. The van der Waals surface area contributed by atoms with Crippen LogP contribution in [0.2, 0.25) is 0 Å². The van der Waals surface area contributed by atoms with Crippen LogP contribution in [0, 0.1) is 11.8 Å². The van der Waals surface area contributed by atoms with Crippen LogP contribution in [-0.2, 0) is 14.8 Å². The van der Waals surface area contributed by atoms with E-state index in [0.717, 1.165) is 30.9 Å². The molecule has 0 saturated carbocycles. The molecule has 2 rings (SSSR count).